The second kappa shape index (κ2) is 27.8. The molecule has 438 valence electrons. The molecule has 12 aliphatic rings. The van der Waals surface area contributed by atoms with E-state index in [0.717, 1.165) is 5.92 Å². The molecule has 2 aromatic rings. The van der Waals surface area contributed by atoms with Gasteiger partial charge in [-0.3, -0.25) is 0 Å². The highest BCUT2D eigenvalue weighted by Gasteiger charge is 2.55. The van der Waals surface area contributed by atoms with Crippen LogP contribution in [0.25, 0.3) is 5.57 Å². The lowest BCUT2D eigenvalue weighted by Gasteiger charge is -2.42. The van der Waals surface area contributed by atoms with Gasteiger partial charge >= 0.3 is 7.12 Å². The van der Waals surface area contributed by atoms with Gasteiger partial charge in [0.2, 0.25) is 0 Å². The van der Waals surface area contributed by atoms with Crippen LogP contribution >= 0.6 is 53.3 Å². The van der Waals surface area contributed by atoms with Crippen molar-refractivity contribution in [3.8, 4) is 0 Å². The zero-order valence-corrected chi connectivity index (χ0v) is 54.7. The number of hydrogen-bond donors (Lipinski definition) is 2. The van der Waals surface area contributed by atoms with Gasteiger partial charge in [0.05, 0.1) is 0 Å². The average Bonchev–Trinajstić information content (AvgIpc) is 4.51. The van der Waals surface area contributed by atoms with Gasteiger partial charge in [-0.1, -0.05) is 220 Å². The molecule has 2 aromatic carbocycles. The lowest BCUT2D eigenvalue weighted by molar-refractivity contribution is 0.425. The fraction of sp³-hybridized carbons (Fsp3) is 0.710. The molecule has 14 rings (SSSR count). The highest BCUT2D eigenvalue weighted by Crippen LogP contribution is 2.78. The predicted molar refractivity (Wildman–Crippen MR) is 348 cm³/mol. The molecule has 80 heavy (non-hydrogen) atoms. The minimum atomic E-state index is -2.30. The molecule has 6 bridgehead atoms. The topological polar surface area (TPSA) is 91.7 Å². The minimum Gasteiger partial charge on any atom is -0.423 e. The van der Waals surface area contributed by atoms with Crippen LogP contribution < -0.4 is 5.46 Å². The number of benzene rings is 2. The Bertz CT molecular complexity index is 2520. The Hall–Kier alpha value is -0.965. The minimum absolute atomic E-state index is 0.495. The van der Waals surface area contributed by atoms with Gasteiger partial charge in [0.15, 0.2) is 0 Å². The Morgan fingerprint density at radius 3 is 1.05 bits per heavy atom. The van der Waals surface area contributed by atoms with Crippen LogP contribution in [-0.2, 0) is 13.7 Å². The van der Waals surface area contributed by atoms with Crippen molar-refractivity contribution >= 4 is 71.4 Å². The third-order valence-electron chi connectivity index (χ3n) is 22.9. The summed E-state index contributed by atoms with van der Waals surface area (Å²) < 4.78 is 47.2. The quantitative estimate of drug-likeness (QED) is 0.133. The summed E-state index contributed by atoms with van der Waals surface area (Å²) in [6, 6.07) is 19.7. The summed E-state index contributed by atoms with van der Waals surface area (Å²) in [6.45, 7) is 0. The third-order valence-corrected chi connectivity index (χ3v) is 39.3. The molecule has 0 aromatic heterocycles. The van der Waals surface area contributed by atoms with Crippen molar-refractivity contribution in [2.45, 2.75) is 272 Å². The molecule has 8 saturated carbocycles. The highest BCUT2D eigenvalue weighted by atomic mass is 79.9. The summed E-state index contributed by atoms with van der Waals surface area (Å²) >= 11 is 7.83. The molecule has 0 amide bonds. The van der Waals surface area contributed by atoms with E-state index in [2.05, 4.69) is 74.3 Å². The summed E-state index contributed by atoms with van der Waals surface area (Å²) in [5, 5.41) is 21.6. The monoisotopic (exact) mass is 1270 g/mol. The van der Waals surface area contributed by atoms with Crippen LogP contribution in [0.5, 0.6) is 0 Å². The van der Waals surface area contributed by atoms with E-state index >= 15 is 4.57 Å². The Morgan fingerprint density at radius 2 is 0.688 bits per heavy atom. The van der Waals surface area contributed by atoms with Crippen molar-refractivity contribution in [2.75, 3.05) is 0 Å². The maximum absolute atomic E-state index is 15.2. The summed E-state index contributed by atoms with van der Waals surface area (Å²) in [5.74, 6) is 3.76. The van der Waals surface area contributed by atoms with Crippen LogP contribution in [-0.4, -0.2) is 51.1 Å². The molecule has 12 aliphatic carbocycles. The Labute approximate surface area is 502 Å². The van der Waals surface area contributed by atoms with Crippen LogP contribution in [0, 0.1) is 35.5 Å². The van der Waals surface area contributed by atoms with Crippen molar-refractivity contribution in [3.05, 3.63) is 103 Å². The lowest BCUT2D eigenvalue weighted by atomic mass is 9.81. The van der Waals surface area contributed by atoms with Gasteiger partial charge in [0.1, 0.15) is 21.4 Å². The number of hydrogen-bond acceptors (Lipinski definition) is 5. The van der Waals surface area contributed by atoms with E-state index < -0.39 is 28.5 Å². The van der Waals surface area contributed by atoms with Crippen molar-refractivity contribution < 1.29 is 23.7 Å². The van der Waals surface area contributed by atoms with Crippen LogP contribution in [0.1, 0.15) is 243 Å². The van der Waals surface area contributed by atoms with Gasteiger partial charge in [0.25, 0.3) is 0 Å². The van der Waals surface area contributed by atoms with Gasteiger partial charge in [-0.25, -0.2) is 0 Å². The molecule has 5 nitrogen and oxygen atoms in total. The number of rotatable bonds is 11. The third kappa shape index (κ3) is 12.6. The van der Waals surface area contributed by atoms with E-state index in [9.17, 15) is 9.13 Å². The van der Waals surface area contributed by atoms with E-state index in [0.29, 0.717) is 69.0 Å². The molecule has 0 heterocycles. The Balaban J connectivity index is 0.000000118. The summed E-state index contributed by atoms with van der Waals surface area (Å²) in [6.07, 6.45) is 52.5. The van der Waals surface area contributed by atoms with Gasteiger partial charge < -0.3 is 23.7 Å². The zero-order chi connectivity index (χ0) is 55.3. The zero-order valence-electron chi connectivity index (χ0n) is 48.8. The van der Waals surface area contributed by atoms with Crippen molar-refractivity contribution in [1.29, 1.82) is 0 Å². The molecule has 6 atom stereocenters. The molecule has 6 unspecified atom stereocenters. The fourth-order valence-electron chi connectivity index (χ4n) is 19.1. The fourth-order valence-corrected chi connectivity index (χ4v) is 37.1. The summed E-state index contributed by atoms with van der Waals surface area (Å²) in [5.41, 5.74) is 6.55. The van der Waals surface area contributed by atoms with Crippen molar-refractivity contribution in [2.24, 2.45) is 35.5 Å². The Kier molecular flexibility index (Phi) is 21.1. The maximum atomic E-state index is 15.2. The molecule has 0 spiro atoms. The first kappa shape index (κ1) is 60.7. The normalized spacial score (nSPS) is 30.1. The van der Waals surface area contributed by atoms with Crippen LogP contribution in [0.4, 0.5) is 0 Å². The first-order valence-electron chi connectivity index (χ1n) is 33.5. The van der Waals surface area contributed by atoms with E-state index in [1.165, 1.54) is 268 Å². The predicted octanol–water partition coefficient (Wildman–Crippen LogP) is 21.1. The van der Waals surface area contributed by atoms with Gasteiger partial charge in [-0.15, -0.1) is 0 Å². The molecule has 11 heteroatoms. The van der Waals surface area contributed by atoms with Crippen molar-refractivity contribution in [1.82, 2.24) is 0 Å². The van der Waals surface area contributed by atoms with E-state index in [1.54, 1.807) is 29.8 Å². The smallest absolute Gasteiger partial charge is 0.423 e. The first-order chi connectivity index (χ1) is 39.0. The van der Waals surface area contributed by atoms with Gasteiger partial charge in [-0.05, 0) is 168 Å². The molecule has 8 fully saturated rings. The second-order valence-electron chi connectivity index (χ2n) is 27.5. The molecule has 0 aliphatic heterocycles. The number of fused-ring (bicyclic) bond motifs is 6. The highest BCUT2D eigenvalue weighted by molar-refractivity contribution is 9.12. The molecular weight excluding hydrogens is 1170 g/mol. The molecule has 0 saturated heterocycles. The van der Waals surface area contributed by atoms with Crippen LogP contribution in [0.2, 0.25) is 0 Å². The standard InChI is InChI=1S/C25H35OP.C19H30BrOP.C19H28BrOP.C6H7BO2/c26-27(22-12-6-2-7-13-22,23-14-8-3-9-15-23)25-21-17-16-20(18-21)24(25)19-10-4-1-5-11-19;2*20-18-14-11-12-15(13-14)19(18)22(21,16-7-3-1-4-8-16)17-9-5-2-6-10-17;8-7(9)6-4-2-1-3-5-6/h1,4-5,10-11,20-23H,2-3,6-9,12-18H2;14-17H,1-13H2;11-12,14-17H,1-10,13H2;1-5,8-9H. The molecule has 2 N–H and O–H groups in total. The lowest BCUT2D eigenvalue weighted by Crippen LogP contribution is -2.29. The SMILES string of the molecule is O=P(C1=C(Br)C2C=CC1C2)(C1CCCCC1)C1CCCCC1.O=P(C1=C(Br)C2CCC1C2)(C1CCCCC1)C1CCCCC1.O=P(C1=C(c2ccccc2)C2CCC1C2)(C1CCCCC1)C1CCCCC1.OB(O)c1ccccc1. The van der Waals surface area contributed by atoms with Gasteiger partial charge in [-0.2, -0.15) is 0 Å². The first-order valence-corrected chi connectivity index (χ1v) is 40.6. The van der Waals surface area contributed by atoms with Crippen molar-refractivity contribution in [3.63, 3.8) is 0 Å². The van der Waals surface area contributed by atoms with Gasteiger partial charge in [0, 0.05) is 65.4 Å². The van der Waals surface area contributed by atoms with Crippen LogP contribution in [0.3, 0.4) is 0 Å². The maximum Gasteiger partial charge on any atom is 0.488 e. The molecule has 0 radical (unpaired) electrons. The number of halogens is 2. The van der Waals surface area contributed by atoms with E-state index in [1.807, 2.05) is 6.07 Å². The van der Waals surface area contributed by atoms with E-state index in [-0.39, 0.29) is 0 Å². The largest absolute Gasteiger partial charge is 0.488 e. The summed E-state index contributed by atoms with van der Waals surface area (Å²) in [7, 11) is -8.06. The van der Waals surface area contributed by atoms with Crippen LogP contribution in [0.15, 0.2) is 97.7 Å². The van der Waals surface area contributed by atoms with E-state index in [4.69, 9.17) is 10.0 Å². The second-order valence-corrected chi connectivity index (χ2v) is 39.3. The molecular formula is C69H100BBr2O5P3. The average molecular weight is 1270 g/mol. The number of allylic oxidation sites excluding steroid dienone is 8. The Morgan fingerprint density at radius 1 is 0.350 bits per heavy atom. The summed E-state index contributed by atoms with van der Waals surface area (Å²) in [4.78, 5) is 0.